The van der Waals surface area contributed by atoms with Crippen LogP contribution in [0.15, 0.2) is 66.7 Å². The molecule has 3 aromatic rings. The molecule has 154 valence electrons. The predicted molar refractivity (Wildman–Crippen MR) is 125 cm³/mol. The van der Waals surface area contributed by atoms with Crippen LogP contribution in [-0.2, 0) is 13.0 Å². The Bertz CT molecular complexity index is 856. The third-order valence-corrected chi connectivity index (χ3v) is 5.15. The summed E-state index contributed by atoms with van der Waals surface area (Å²) < 4.78 is 0. The Morgan fingerprint density at radius 1 is 0.793 bits per heavy atom. The minimum Gasteiger partial charge on any atom is -0.369 e. The molecule has 1 aliphatic heterocycles. The summed E-state index contributed by atoms with van der Waals surface area (Å²) in [4.78, 5) is 2.57. The van der Waals surface area contributed by atoms with E-state index in [9.17, 15) is 0 Å². The largest absolute Gasteiger partial charge is 0.369 e. The second-order valence-corrected chi connectivity index (χ2v) is 7.10. The van der Waals surface area contributed by atoms with Crippen LogP contribution in [0.2, 0.25) is 0 Å². The van der Waals surface area contributed by atoms with E-state index < -0.39 is 0 Å². The minimum absolute atomic E-state index is 0. The van der Waals surface area contributed by atoms with Crippen LogP contribution in [0, 0.1) is 0 Å². The summed E-state index contributed by atoms with van der Waals surface area (Å²) >= 11 is 0. The predicted octanol–water partition coefficient (Wildman–Crippen LogP) is 5.24. The van der Waals surface area contributed by atoms with E-state index in [2.05, 4.69) is 56.8 Å². The van der Waals surface area contributed by atoms with E-state index in [1.165, 1.54) is 30.5 Å². The van der Waals surface area contributed by atoms with Gasteiger partial charge in [-0.05, 0) is 49.1 Å². The molecule has 1 aromatic heterocycles. The third kappa shape index (κ3) is 6.43. The number of aromatic nitrogens is 2. The lowest BCUT2D eigenvalue weighted by atomic mass is 10.00. The normalized spacial score (nSPS) is 13.0. The molecule has 0 saturated carbocycles. The average Bonchev–Trinajstić information content (AvgIpc) is 2.74. The summed E-state index contributed by atoms with van der Waals surface area (Å²) in [6.45, 7) is 4.37. The van der Waals surface area contributed by atoms with E-state index in [0.29, 0.717) is 0 Å². The lowest BCUT2D eigenvalue weighted by molar-refractivity contribution is 0.250. The fourth-order valence-electron chi connectivity index (χ4n) is 3.61. The van der Waals surface area contributed by atoms with Gasteiger partial charge in [-0.2, -0.15) is 0 Å². The van der Waals surface area contributed by atoms with Gasteiger partial charge in [0.15, 0.2) is 0 Å². The van der Waals surface area contributed by atoms with Gasteiger partial charge in [0, 0.05) is 25.2 Å². The van der Waals surface area contributed by atoms with Crippen LogP contribution in [0.25, 0.3) is 11.3 Å². The van der Waals surface area contributed by atoms with Gasteiger partial charge in [-0.3, -0.25) is 4.90 Å². The number of anilines is 1. The number of unbranched alkanes of at least 4 members (excludes halogenated alkanes) is 1. The maximum Gasteiger partial charge on any atom is 0.148 e. The topological polar surface area (TPSA) is 41.0 Å². The summed E-state index contributed by atoms with van der Waals surface area (Å²) in [5.41, 5.74) is 5.02. The van der Waals surface area contributed by atoms with Gasteiger partial charge in [0.2, 0.25) is 0 Å². The van der Waals surface area contributed by atoms with Crippen molar-refractivity contribution in [3.05, 3.63) is 77.9 Å². The zero-order valence-electron chi connectivity index (χ0n) is 16.5. The molecule has 0 aliphatic carbocycles. The molecule has 2 aromatic carbocycles. The number of nitrogens with one attached hydrogen (secondary N) is 1. The van der Waals surface area contributed by atoms with Gasteiger partial charge >= 0.3 is 0 Å². The Labute approximate surface area is 185 Å². The Kier molecular flexibility index (Phi) is 9.39. The van der Waals surface area contributed by atoms with Gasteiger partial charge in [0.1, 0.15) is 5.82 Å². The SMILES string of the molecule is Cl.Cl.c1ccc(-c2ccc(NCCCCN3CCc4ccccc4C3)nn2)cc1. The average molecular weight is 431 g/mol. The van der Waals surface area contributed by atoms with E-state index in [0.717, 1.165) is 43.1 Å². The van der Waals surface area contributed by atoms with Crippen LogP contribution in [0.5, 0.6) is 0 Å². The molecule has 0 atom stereocenters. The van der Waals surface area contributed by atoms with Crippen molar-refractivity contribution in [2.24, 2.45) is 0 Å². The first-order valence-electron chi connectivity index (χ1n) is 9.81. The fraction of sp³-hybridized carbons (Fsp3) is 0.304. The van der Waals surface area contributed by atoms with E-state index >= 15 is 0 Å². The van der Waals surface area contributed by atoms with Gasteiger partial charge in [-0.25, -0.2) is 0 Å². The van der Waals surface area contributed by atoms with Crippen molar-refractivity contribution in [2.45, 2.75) is 25.8 Å². The maximum absolute atomic E-state index is 4.32. The zero-order chi connectivity index (χ0) is 18.3. The lowest BCUT2D eigenvalue weighted by Crippen LogP contribution is -2.31. The van der Waals surface area contributed by atoms with Crippen molar-refractivity contribution in [2.75, 3.05) is 25.0 Å². The van der Waals surface area contributed by atoms with E-state index in [4.69, 9.17) is 0 Å². The number of benzene rings is 2. The molecule has 0 fully saturated rings. The highest BCUT2D eigenvalue weighted by atomic mass is 35.5. The number of halogens is 2. The molecular weight excluding hydrogens is 403 g/mol. The summed E-state index contributed by atoms with van der Waals surface area (Å²) in [6, 6.07) is 23.0. The number of fused-ring (bicyclic) bond motifs is 1. The van der Waals surface area contributed by atoms with Crippen LogP contribution < -0.4 is 5.32 Å². The first kappa shape index (κ1) is 23.1. The molecule has 2 heterocycles. The Hall–Kier alpha value is -2.14. The van der Waals surface area contributed by atoms with Gasteiger partial charge in [-0.15, -0.1) is 35.0 Å². The van der Waals surface area contributed by atoms with Gasteiger partial charge in [0.25, 0.3) is 0 Å². The lowest BCUT2D eigenvalue weighted by Gasteiger charge is -2.28. The van der Waals surface area contributed by atoms with E-state index in [-0.39, 0.29) is 24.8 Å². The van der Waals surface area contributed by atoms with Gasteiger partial charge in [-0.1, -0.05) is 54.6 Å². The highest BCUT2D eigenvalue weighted by Gasteiger charge is 2.14. The van der Waals surface area contributed by atoms with Gasteiger partial charge < -0.3 is 5.32 Å². The smallest absolute Gasteiger partial charge is 0.148 e. The zero-order valence-corrected chi connectivity index (χ0v) is 18.1. The summed E-state index contributed by atoms with van der Waals surface area (Å²) in [6.07, 6.45) is 3.52. The van der Waals surface area contributed by atoms with Crippen molar-refractivity contribution >= 4 is 30.6 Å². The maximum atomic E-state index is 4.32. The molecule has 0 spiro atoms. The molecule has 1 N–H and O–H groups in total. The van der Waals surface area contributed by atoms with Crippen LogP contribution in [0.1, 0.15) is 24.0 Å². The number of hydrogen-bond acceptors (Lipinski definition) is 4. The van der Waals surface area contributed by atoms with Crippen LogP contribution in [0.3, 0.4) is 0 Å². The van der Waals surface area contributed by atoms with Crippen molar-refractivity contribution in [1.82, 2.24) is 15.1 Å². The van der Waals surface area contributed by atoms with E-state index in [1.54, 1.807) is 0 Å². The molecule has 0 radical (unpaired) electrons. The number of hydrogen-bond donors (Lipinski definition) is 1. The molecule has 0 saturated heterocycles. The Balaban J connectivity index is 0.00000150. The standard InChI is InChI=1S/C23H26N4.2ClH/c1-2-9-20(10-3-1)22-12-13-23(26-25-22)24-15-6-7-16-27-17-14-19-8-4-5-11-21(19)18-27;;/h1-5,8-13H,6-7,14-18H2,(H,24,26);2*1H. The minimum atomic E-state index is 0. The molecular formula is C23H28Cl2N4. The monoisotopic (exact) mass is 430 g/mol. The Morgan fingerprint density at radius 2 is 1.55 bits per heavy atom. The van der Waals surface area contributed by atoms with Crippen molar-refractivity contribution in [3.8, 4) is 11.3 Å². The first-order valence-corrected chi connectivity index (χ1v) is 9.81. The third-order valence-electron chi connectivity index (χ3n) is 5.15. The highest BCUT2D eigenvalue weighted by Crippen LogP contribution is 2.19. The Morgan fingerprint density at radius 3 is 2.31 bits per heavy atom. The molecule has 0 unspecified atom stereocenters. The van der Waals surface area contributed by atoms with Crippen molar-refractivity contribution in [1.29, 1.82) is 0 Å². The fourth-order valence-corrected chi connectivity index (χ4v) is 3.61. The summed E-state index contributed by atoms with van der Waals surface area (Å²) in [5, 5.41) is 12.0. The molecule has 29 heavy (non-hydrogen) atoms. The van der Waals surface area contributed by atoms with Crippen LogP contribution >= 0.6 is 24.8 Å². The summed E-state index contributed by atoms with van der Waals surface area (Å²) in [7, 11) is 0. The molecule has 0 bridgehead atoms. The number of rotatable bonds is 7. The highest BCUT2D eigenvalue weighted by molar-refractivity contribution is 5.85. The van der Waals surface area contributed by atoms with Crippen LogP contribution in [0.4, 0.5) is 5.82 Å². The molecule has 0 amide bonds. The molecule has 4 rings (SSSR count). The van der Waals surface area contributed by atoms with Gasteiger partial charge in [0.05, 0.1) is 5.69 Å². The second kappa shape index (κ2) is 11.8. The molecule has 1 aliphatic rings. The van der Waals surface area contributed by atoms with Crippen molar-refractivity contribution in [3.63, 3.8) is 0 Å². The molecule has 4 nitrogen and oxygen atoms in total. The van der Waals surface area contributed by atoms with E-state index in [1.807, 2.05) is 30.3 Å². The quantitative estimate of drug-likeness (QED) is 0.520. The second-order valence-electron chi connectivity index (χ2n) is 7.10. The molecule has 6 heteroatoms. The number of nitrogens with zero attached hydrogens (tertiary/aromatic N) is 3. The first-order chi connectivity index (χ1) is 13.4. The van der Waals surface area contributed by atoms with Crippen LogP contribution in [-0.4, -0.2) is 34.7 Å². The van der Waals surface area contributed by atoms with Crippen molar-refractivity contribution < 1.29 is 0 Å². The summed E-state index contributed by atoms with van der Waals surface area (Å²) in [5.74, 6) is 0.849.